The summed E-state index contributed by atoms with van der Waals surface area (Å²) in [5, 5.41) is 3.96. The molecule has 2 aromatic rings. The van der Waals surface area contributed by atoms with Crippen molar-refractivity contribution < 1.29 is 4.79 Å². The van der Waals surface area contributed by atoms with Crippen LogP contribution >= 0.6 is 0 Å². The van der Waals surface area contributed by atoms with Crippen LogP contribution in [0.4, 0.5) is 5.69 Å². The fourth-order valence-electron chi connectivity index (χ4n) is 2.43. The van der Waals surface area contributed by atoms with Crippen molar-refractivity contribution in [3.05, 3.63) is 36.5 Å². The van der Waals surface area contributed by atoms with Crippen LogP contribution in [0.25, 0.3) is 10.9 Å². The number of carbonyl (C=O) groups excluding carboxylic acids is 1. The number of anilines is 1. The molecule has 4 heteroatoms. The number of rotatable bonds is 4. The molecule has 1 amide bonds. The molecule has 118 valence electrons. The number of pyridine rings is 1. The molecule has 2 rings (SSSR count). The van der Waals surface area contributed by atoms with E-state index in [9.17, 15) is 4.79 Å². The van der Waals surface area contributed by atoms with E-state index in [1.54, 1.807) is 6.20 Å². The molecule has 1 N–H and O–H groups in total. The Morgan fingerprint density at radius 3 is 2.68 bits per heavy atom. The quantitative estimate of drug-likeness (QED) is 0.939. The van der Waals surface area contributed by atoms with Gasteiger partial charge in [-0.25, -0.2) is 0 Å². The molecule has 4 nitrogen and oxygen atoms in total. The molecule has 0 radical (unpaired) electrons. The first-order valence-electron chi connectivity index (χ1n) is 7.63. The van der Waals surface area contributed by atoms with Crippen molar-refractivity contribution in [3.8, 4) is 0 Å². The number of carbonyl (C=O) groups is 1. The van der Waals surface area contributed by atoms with E-state index in [4.69, 9.17) is 0 Å². The molecule has 1 aromatic heterocycles. The van der Waals surface area contributed by atoms with Gasteiger partial charge in [0.05, 0.1) is 17.7 Å². The Labute approximate surface area is 132 Å². The highest BCUT2D eigenvalue weighted by molar-refractivity contribution is 6.01. The molecule has 1 aromatic carbocycles. The van der Waals surface area contributed by atoms with Gasteiger partial charge in [0.1, 0.15) is 0 Å². The van der Waals surface area contributed by atoms with Crippen LogP contribution < -0.4 is 5.32 Å². The maximum absolute atomic E-state index is 12.3. The zero-order valence-corrected chi connectivity index (χ0v) is 14.1. The van der Waals surface area contributed by atoms with E-state index in [1.165, 1.54) is 0 Å². The van der Waals surface area contributed by atoms with Crippen LogP contribution in [-0.2, 0) is 4.79 Å². The summed E-state index contributed by atoms with van der Waals surface area (Å²) < 4.78 is 0. The average molecular weight is 299 g/mol. The average Bonchev–Trinajstić information content (AvgIpc) is 2.45. The lowest BCUT2D eigenvalue weighted by Gasteiger charge is -2.34. The molecule has 0 bridgehead atoms. The highest BCUT2D eigenvalue weighted by Gasteiger charge is 2.25. The van der Waals surface area contributed by atoms with Gasteiger partial charge in [0.2, 0.25) is 5.91 Å². The second-order valence-corrected chi connectivity index (χ2v) is 6.88. The number of aromatic nitrogens is 1. The van der Waals surface area contributed by atoms with Gasteiger partial charge in [0, 0.05) is 17.6 Å². The van der Waals surface area contributed by atoms with Gasteiger partial charge in [-0.2, -0.15) is 0 Å². The molecule has 0 aliphatic heterocycles. The Bertz CT molecular complexity index is 655. The number of likely N-dealkylation sites (N-methyl/N-ethyl adjacent to an activating group) is 1. The van der Waals surface area contributed by atoms with Crippen LogP contribution in [0.1, 0.15) is 27.7 Å². The first-order chi connectivity index (χ1) is 10.3. The van der Waals surface area contributed by atoms with E-state index < -0.39 is 0 Å². The highest BCUT2D eigenvalue weighted by atomic mass is 16.2. The minimum absolute atomic E-state index is 0.00467. The summed E-state index contributed by atoms with van der Waals surface area (Å²) in [5.74, 6) is -0.00467. The number of hydrogen-bond acceptors (Lipinski definition) is 3. The van der Waals surface area contributed by atoms with Crippen molar-refractivity contribution in [3.63, 3.8) is 0 Å². The number of nitrogens with one attached hydrogen (secondary N) is 1. The van der Waals surface area contributed by atoms with Crippen LogP contribution in [0.15, 0.2) is 36.5 Å². The molecule has 22 heavy (non-hydrogen) atoms. The lowest BCUT2D eigenvalue weighted by atomic mass is 9.87. The van der Waals surface area contributed by atoms with Crippen LogP contribution in [-0.4, -0.2) is 35.4 Å². The summed E-state index contributed by atoms with van der Waals surface area (Å²) in [5.41, 5.74) is 1.84. The van der Waals surface area contributed by atoms with Crippen LogP contribution in [0.5, 0.6) is 0 Å². The lowest BCUT2D eigenvalue weighted by molar-refractivity contribution is -0.117. The van der Waals surface area contributed by atoms with Gasteiger partial charge in [-0.05, 0) is 43.7 Å². The molecule has 1 unspecified atom stereocenters. The largest absolute Gasteiger partial charge is 0.324 e. The number of fused-ring (bicyclic) bond motifs is 1. The van der Waals surface area contributed by atoms with Crippen molar-refractivity contribution in [1.82, 2.24) is 9.88 Å². The summed E-state index contributed by atoms with van der Waals surface area (Å²) in [7, 11) is 1.99. The van der Waals surface area contributed by atoms with Crippen molar-refractivity contribution in [2.75, 3.05) is 18.9 Å². The molecule has 0 spiro atoms. The summed E-state index contributed by atoms with van der Waals surface area (Å²) in [6.07, 6.45) is 1.76. The van der Waals surface area contributed by atoms with Crippen molar-refractivity contribution in [2.45, 2.75) is 33.7 Å². The lowest BCUT2D eigenvalue weighted by Crippen LogP contribution is -2.43. The molecule has 1 heterocycles. The third kappa shape index (κ3) is 3.83. The standard InChI is InChI=1S/C18H25N3O/c1-13(18(2,3)4)21(5)12-17(22)20-16-10-6-9-15-14(16)8-7-11-19-15/h6-11,13H,12H2,1-5H3,(H,20,22). The Kier molecular flexibility index (Phi) is 4.81. The van der Waals surface area contributed by atoms with Gasteiger partial charge in [0.25, 0.3) is 0 Å². The molecule has 0 aliphatic carbocycles. The fraction of sp³-hybridized carbons (Fsp3) is 0.444. The van der Waals surface area contributed by atoms with Crippen LogP contribution in [0.2, 0.25) is 0 Å². The van der Waals surface area contributed by atoms with Gasteiger partial charge < -0.3 is 5.32 Å². The minimum Gasteiger partial charge on any atom is -0.324 e. The topological polar surface area (TPSA) is 45.2 Å². The van der Waals surface area contributed by atoms with Crippen molar-refractivity contribution in [1.29, 1.82) is 0 Å². The molecular weight excluding hydrogens is 274 g/mol. The predicted octanol–water partition coefficient (Wildman–Crippen LogP) is 3.54. The zero-order valence-electron chi connectivity index (χ0n) is 14.1. The third-order valence-electron chi connectivity index (χ3n) is 4.23. The van der Waals surface area contributed by atoms with Gasteiger partial charge in [0.15, 0.2) is 0 Å². The second-order valence-electron chi connectivity index (χ2n) is 6.88. The number of hydrogen-bond donors (Lipinski definition) is 1. The van der Waals surface area contributed by atoms with Crippen molar-refractivity contribution >= 4 is 22.5 Å². The monoisotopic (exact) mass is 299 g/mol. The SMILES string of the molecule is CC(N(C)CC(=O)Nc1cccc2ncccc12)C(C)(C)C. The first-order valence-corrected chi connectivity index (χ1v) is 7.63. The van der Waals surface area contributed by atoms with Crippen LogP contribution in [0.3, 0.4) is 0 Å². The Morgan fingerprint density at radius 2 is 2.00 bits per heavy atom. The third-order valence-corrected chi connectivity index (χ3v) is 4.23. The second kappa shape index (κ2) is 6.44. The fourth-order valence-corrected chi connectivity index (χ4v) is 2.43. The van der Waals surface area contributed by atoms with Gasteiger partial charge in [-0.1, -0.05) is 26.8 Å². The maximum Gasteiger partial charge on any atom is 0.238 e. The van der Waals surface area contributed by atoms with E-state index >= 15 is 0 Å². The molecule has 0 saturated heterocycles. The molecule has 0 aliphatic rings. The highest BCUT2D eigenvalue weighted by Crippen LogP contribution is 2.24. The van der Waals surface area contributed by atoms with Crippen LogP contribution in [0, 0.1) is 5.41 Å². The molecule has 1 atom stereocenters. The minimum atomic E-state index is -0.00467. The van der Waals surface area contributed by atoms with E-state index in [-0.39, 0.29) is 11.3 Å². The van der Waals surface area contributed by atoms with E-state index in [2.05, 4.69) is 42.9 Å². The smallest absolute Gasteiger partial charge is 0.238 e. The Balaban J connectivity index is 2.08. The number of amides is 1. The van der Waals surface area contributed by atoms with Gasteiger partial charge in [-0.3, -0.25) is 14.7 Å². The van der Waals surface area contributed by atoms with E-state index in [0.717, 1.165) is 16.6 Å². The van der Waals surface area contributed by atoms with Crippen molar-refractivity contribution in [2.24, 2.45) is 5.41 Å². The van der Waals surface area contributed by atoms with Gasteiger partial charge in [-0.15, -0.1) is 0 Å². The normalized spacial score (nSPS) is 13.4. The van der Waals surface area contributed by atoms with E-state index in [1.807, 2.05) is 37.4 Å². The zero-order chi connectivity index (χ0) is 16.3. The molecular formula is C18H25N3O. The number of nitrogens with zero attached hydrogens (tertiary/aromatic N) is 2. The number of benzene rings is 1. The Hall–Kier alpha value is -1.94. The summed E-state index contributed by atoms with van der Waals surface area (Å²) >= 11 is 0. The first kappa shape index (κ1) is 16.4. The predicted molar refractivity (Wildman–Crippen MR) is 91.9 cm³/mol. The maximum atomic E-state index is 12.3. The molecule has 0 saturated carbocycles. The summed E-state index contributed by atoms with van der Waals surface area (Å²) in [6, 6.07) is 9.93. The summed E-state index contributed by atoms with van der Waals surface area (Å²) in [4.78, 5) is 18.7. The summed E-state index contributed by atoms with van der Waals surface area (Å²) in [6.45, 7) is 9.07. The van der Waals surface area contributed by atoms with Gasteiger partial charge >= 0.3 is 0 Å². The molecule has 0 fully saturated rings. The Morgan fingerprint density at radius 1 is 1.27 bits per heavy atom. The van der Waals surface area contributed by atoms with E-state index in [0.29, 0.717) is 12.6 Å².